The fourth-order valence-corrected chi connectivity index (χ4v) is 2.77. The summed E-state index contributed by atoms with van der Waals surface area (Å²) in [6.45, 7) is 3.55. The number of amides is 1. The van der Waals surface area contributed by atoms with Gasteiger partial charge in [-0.25, -0.2) is 4.79 Å². The van der Waals surface area contributed by atoms with E-state index in [1.807, 2.05) is 29.2 Å². The first-order valence-corrected chi connectivity index (χ1v) is 8.57. The van der Waals surface area contributed by atoms with Gasteiger partial charge in [-0.1, -0.05) is 12.1 Å². The Bertz CT molecular complexity index is 750. The van der Waals surface area contributed by atoms with Crippen LogP contribution < -0.4 is 10.1 Å². The number of ether oxygens (including phenoxy) is 2. The smallest absolute Gasteiger partial charge is 0.337 e. The third kappa shape index (κ3) is 4.40. The predicted molar refractivity (Wildman–Crippen MR) is 97.3 cm³/mol. The van der Waals surface area contributed by atoms with E-state index in [2.05, 4.69) is 10.1 Å². The first-order valence-electron chi connectivity index (χ1n) is 8.57. The Morgan fingerprint density at radius 1 is 0.962 bits per heavy atom. The van der Waals surface area contributed by atoms with Crippen molar-refractivity contribution in [3.05, 3.63) is 65.2 Å². The zero-order valence-corrected chi connectivity index (χ0v) is 14.7. The molecule has 0 aliphatic carbocycles. The summed E-state index contributed by atoms with van der Waals surface area (Å²) in [5.41, 5.74) is 2.15. The molecule has 1 aliphatic heterocycles. The Balaban J connectivity index is 1.55. The van der Waals surface area contributed by atoms with Gasteiger partial charge in [0.05, 0.1) is 12.7 Å². The monoisotopic (exact) mass is 354 g/mol. The molecule has 0 radical (unpaired) electrons. The maximum absolute atomic E-state index is 12.4. The fourth-order valence-electron chi connectivity index (χ4n) is 2.77. The molecule has 1 heterocycles. The Morgan fingerprint density at radius 3 is 2.19 bits per heavy atom. The normalized spacial score (nSPS) is 14.0. The van der Waals surface area contributed by atoms with Crippen LogP contribution in [0.1, 0.15) is 26.3 Å². The van der Waals surface area contributed by atoms with Crippen molar-refractivity contribution in [2.45, 2.75) is 6.61 Å². The molecule has 6 nitrogen and oxygen atoms in total. The molecule has 26 heavy (non-hydrogen) atoms. The van der Waals surface area contributed by atoms with E-state index < -0.39 is 0 Å². The van der Waals surface area contributed by atoms with Gasteiger partial charge in [0.1, 0.15) is 12.4 Å². The van der Waals surface area contributed by atoms with E-state index in [4.69, 9.17) is 4.74 Å². The molecule has 136 valence electrons. The van der Waals surface area contributed by atoms with Crippen LogP contribution >= 0.6 is 0 Å². The number of rotatable bonds is 5. The van der Waals surface area contributed by atoms with Crippen molar-refractivity contribution in [1.82, 2.24) is 10.2 Å². The van der Waals surface area contributed by atoms with Gasteiger partial charge in [-0.15, -0.1) is 0 Å². The molecule has 0 bridgehead atoms. The highest BCUT2D eigenvalue weighted by atomic mass is 16.5. The van der Waals surface area contributed by atoms with Crippen LogP contribution in [0.15, 0.2) is 48.5 Å². The summed E-state index contributed by atoms with van der Waals surface area (Å²) in [6, 6.07) is 14.3. The third-order valence-electron chi connectivity index (χ3n) is 4.29. The molecule has 1 aliphatic rings. The number of hydrogen-bond donors (Lipinski definition) is 1. The number of piperazine rings is 1. The zero-order valence-electron chi connectivity index (χ0n) is 14.7. The number of carbonyl (C=O) groups excluding carboxylic acids is 2. The van der Waals surface area contributed by atoms with Crippen LogP contribution in [0.2, 0.25) is 0 Å². The van der Waals surface area contributed by atoms with Gasteiger partial charge in [0.2, 0.25) is 0 Å². The van der Waals surface area contributed by atoms with Crippen molar-refractivity contribution >= 4 is 11.9 Å². The van der Waals surface area contributed by atoms with Crippen LogP contribution in [0.3, 0.4) is 0 Å². The van der Waals surface area contributed by atoms with Crippen LogP contribution in [0, 0.1) is 0 Å². The Labute approximate surface area is 152 Å². The van der Waals surface area contributed by atoms with Gasteiger partial charge in [-0.2, -0.15) is 0 Å². The molecule has 1 fully saturated rings. The number of methoxy groups -OCH3 is 1. The lowest BCUT2D eigenvalue weighted by molar-refractivity contribution is 0.0600. The molecule has 1 N–H and O–H groups in total. The van der Waals surface area contributed by atoms with Crippen molar-refractivity contribution in [3.63, 3.8) is 0 Å². The molecule has 1 amide bonds. The van der Waals surface area contributed by atoms with E-state index in [-0.39, 0.29) is 11.9 Å². The maximum atomic E-state index is 12.4. The minimum atomic E-state index is -0.374. The number of benzene rings is 2. The SMILES string of the molecule is COC(=O)c1ccc(OCc2ccc(C(=O)N3CCNCC3)cc2)cc1. The predicted octanol–water partition coefficient (Wildman–Crippen LogP) is 2.10. The second kappa shape index (κ2) is 8.49. The van der Waals surface area contributed by atoms with E-state index in [0.29, 0.717) is 23.5 Å². The second-order valence-electron chi connectivity index (χ2n) is 6.04. The molecule has 0 aromatic heterocycles. The average Bonchev–Trinajstić information content (AvgIpc) is 2.72. The summed E-state index contributed by atoms with van der Waals surface area (Å²) < 4.78 is 10.4. The van der Waals surface area contributed by atoms with E-state index in [0.717, 1.165) is 31.7 Å². The Morgan fingerprint density at radius 2 is 1.58 bits per heavy atom. The highest BCUT2D eigenvalue weighted by molar-refractivity contribution is 5.94. The minimum absolute atomic E-state index is 0.0670. The first kappa shape index (κ1) is 17.9. The summed E-state index contributed by atoms with van der Waals surface area (Å²) in [5.74, 6) is 0.359. The molecule has 6 heteroatoms. The van der Waals surface area contributed by atoms with Gasteiger partial charge in [0.15, 0.2) is 0 Å². The minimum Gasteiger partial charge on any atom is -0.489 e. The Hall–Kier alpha value is -2.86. The Kier molecular flexibility index (Phi) is 5.86. The topological polar surface area (TPSA) is 67.9 Å². The second-order valence-corrected chi connectivity index (χ2v) is 6.04. The summed E-state index contributed by atoms with van der Waals surface area (Å²) in [6.07, 6.45) is 0. The van der Waals surface area contributed by atoms with E-state index in [1.165, 1.54) is 7.11 Å². The van der Waals surface area contributed by atoms with Gasteiger partial charge in [-0.3, -0.25) is 4.79 Å². The van der Waals surface area contributed by atoms with Crippen molar-refractivity contribution in [2.75, 3.05) is 33.3 Å². The molecule has 3 rings (SSSR count). The number of carbonyl (C=O) groups is 2. The van der Waals surface area contributed by atoms with Crippen LogP contribution in [0.25, 0.3) is 0 Å². The summed E-state index contributed by atoms with van der Waals surface area (Å²) in [4.78, 5) is 25.7. The zero-order chi connectivity index (χ0) is 18.4. The molecule has 2 aromatic rings. The molecule has 2 aromatic carbocycles. The average molecular weight is 354 g/mol. The fraction of sp³-hybridized carbons (Fsp3) is 0.300. The summed E-state index contributed by atoms with van der Waals surface area (Å²) >= 11 is 0. The molecule has 0 atom stereocenters. The van der Waals surface area contributed by atoms with Crippen molar-refractivity contribution in [1.29, 1.82) is 0 Å². The first-order chi connectivity index (χ1) is 12.7. The molecule has 0 spiro atoms. The van der Waals surface area contributed by atoms with E-state index in [9.17, 15) is 9.59 Å². The van der Waals surface area contributed by atoms with E-state index >= 15 is 0 Å². The standard InChI is InChI=1S/C20H22N2O4/c1-25-20(24)17-6-8-18(9-7-17)26-14-15-2-4-16(5-3-15)19(23)22-12-10-21-11-13-22/h2-9,21H,10-14H2,1H3. The third-order valence-corrected chi connectivity index (χ3v) is 4.29. The lowest BCUT2D eigenvalue weighted by Crippen LogP contribution is -2.46. The highest BCUT2D eigenvalue weighted by Gasteiger charge is 2.17. The van der Waals surface area contributed by atoms with Gasteiger partial charge >= 0.3 is 5.97 Å². The van der Waals surface area contributed by atoms with Crippen LogP contribution in [-0.4, -0.2) is 50.1 Å². The number of nitrogens with one attached hydrogen (secondary N) is 1. The lowest BCUT2D eigenvalue weighted by Gasteiger charge is -2.27. The van der Waals surface area contributed by atoms with Crippen molar-refractivity contribution < 1.29 is 19.1 Å². The number of nitrogens with zero attached hydrogens (tertiary/aromatic N) is 1. The molecular weight excluding hydrogens is 332 g/mol. The largest absolute Gasteiger partial charge is 0.489 e. The van der Waals surface area contributed by atoms with E-state index in [1.54, 1.807) is 24.3 Å². The van der Waals surface area contributed by atoms with Gasteiger partial charge in [0.25, 0.3) is 5.91 Å². The summed E-state index contributed by atoms with van der Waals surface area (Å²) in [5, 5.41) is 3.24. The van der Waals surface area contributed by atoms with Crippen molar-refractivity contribution in [2.24, 2.45) is 0 Å². The summed E-state index contributed by atoms with van der Waals surface area (Å²) in [7, 11) is 1.35. The quantitative estimate of drug-likeness (QED) is 0.833. The molecule has 0 unspecified atom stereocenters. The molecule has 0 saturated carbocycles. The van der Waals surface area contributed by atoms with Gasteiger partial charge in [0, 0.05) is 31.7 Å². The molecular formula is C20H22N2O4. The van der Waals surface area contributed by atoms with Gasteiger partial charge in [-0.05, 0) is 42.0 Å². The van der Waals surface area contributed by atoms with Crippen LogP contribution in [0.4, 0.5) is 0 Å². The molecule has 1 saturated heterocycles. The maximum Gasteiger partial charge on any atom is 0.337 e. The van der Waals surface area contributed by atoms with Crippen molar-refractivity contribution in [3.8, 4) is 5.75 Å². The van der Waals surface area contributed by atoms with Crippen LogP contribution in [0.5, 0.6) is 5.75 Å². The number of esters is 1. The number of hydrogen-bond acceptors (Lipinski definition) is 5. The lowest BCUT2D eigenvalue weighted by atomic mass is 10.1. The van der Waals surface area contributed by atoms with Gasteiger partial charge < -0.3 is 19.7 Å². The highest BCUT2D eigenvalue weighted by Crippen LogP contribution is 2.16. The van der Waals surface area contributed by atoms with Crippen LogP contribution in [-0.2, 0) is 11.3 Å².